The van der Waals surface area contributed by atoms with Crippen LogP contribution in [0.4, 0.5) is 10.1 Å². The maximum Gasteiger partial charge on any atom is 0.183 e. The number of rotatable bonds is 5. The summed E-state index contributed by atoms with van der Waals surface area (Å²) < 4.78 is 24.2. The highest BCUT2D eigenvalue weighted by Crippen LogP contribution is 2.23. The predicted molar refractivity (Wildman–Crippen MR) is 73.3 cm³/mol. The lowest BCUT2D eigenvalue weighted by atomic mass is 10.3. The van der Waals surface area contributed by atoms with Gasteiger partial charge in [0.2, 0.25) is 0 Å². The summed E-state index contributed by atoms with van der Waals surface area (Å²) in [6, 6.07) is 11.6. The van der Waals surface area contributed by atoms with E-state index in [1.54, 1.807) is 30.3 Å². The number of halogens is 2. The molecule has 19 heavy (non-hydrogen) atoms. The Hall–Kier alpha value is -1.94. The molecule has 100 valence electrons. The molecule has 0 aliphatic carbocycles. The Morgan fingerprint density at radius 1 is 1.00 bits per heavy atom. The van der Waals surface area contributed by atoms with Crippen molar-refractivity contribution in [2.75, 3.05) is 18.9 Å². The van der Waals surface area contributed by atoms with Gasteiger partial charge in [0.25, 0.3) is 0 Å². The summed E-state index contributed by atoms with van der Waals surface area (Å²) in [6.07, 6.45) is 0. The third-order valence-corrected chi connectivity index (χ3v) is 2.70. The minimum absolute atomic E-state index is 0.0388. The molecule has 0 fully saturated rings. The molecule has 5 heteroatoms. The fourth-order valence-electron chi connectivity index (χ4n) is 1.47. The van der Waals surface area contributed by atoms with Gasteiger partial charge in [0.1, 0.15) is 19.0 Å². The zero-order valence-electron chi connectivity index (χ0n) is 10.1. The van der Waals surface area contributed by atoms with Crippen LogP contribution in [0.5, 0.6) is 11.5 Å². The number of hydrogen-bond donors (Lipinski definition) is 1. The first-order chi connectivity index (χ1) is 9.16. The van der Waals surface area contributed by atoms with Gasteiger partial charge < -0.3 is 15.2 Å². The number of nitrogen functional groups attached to an aromatic ring is 1. The van der Waals surface area contributed by atoms with Crippen LogP contribution in [0, 0.1) is 5.82 Å². The molecule has 2 N–H and O–H groups in total. The van der Waals surface area contributed by atoms with Crippen LogP contribution in [0.25, 0.3) is 0 Å². The Bertz CT molecular complexity index is 546. The predicted octanol–water partition coefficient (Wildman–Crippen LogP) is 3.52. The minimum Gasteiger partial charge on any atom is -0.490 e. The van der Waals surface area contributed by atoms with Crippen LogP contribution in [-0.2, 0) is 0 Å². The molecule has 0 saturated carbocycles. The minimum atomic E-state index is -0.559. The summed E-state index contributed by atoms with van der Waals surface area (Å²) in [5, 5.41) is 0.0388. The number of ether oxygens (including phenoxy) is 2. The molecule has 0 aliphatic rings. The van der Waals surface area contributed by atoms with Crippen LogP contribution in [0.3, 0.4) is 0 Å². The second-order valence-corrected chi connectivity index (χ2v) is 4.23. The van der Waals surface area contributed by atoms with E-state index in [-0.39, 0.29) is 17.4 Å². The molecule has 2 aromatic carbocycles. The van der Waals surface area contributed by atoms with Crippen molar-refractivity contribution in [3.8, 4) is 11.5 Å². The normalized spacial score (nSPS) is 10.2. The molecular formula is C14H13ClFNO2. The second-order valence-electron chi connectivity index (χ2n) is 3.82. The van der Waals surface area contributed by atoms with Gasteiger partial charge in [-0.05, 0) is 36.4 Å². The van der Waals surface area contributed by atoms with Gasteiger partial charge in [0.05, 0.1) is 5.02 Å². The van der Waals surface area contributed by atoms with Gasteiger partial charge in [-0.15, -0.1) is 0 Å². The zero-order valence-corrected chi connectivity index (χ0v) is 10.9. The molecule has 0 atom stereocenters. The molecule has 0 unspecified atom stereocenters. The molecule has 0 bridgehead atoms. The van der Waals surface area contributed by atoms with Gasteiger partial charge in [-0.1, -0.05) is 17.7 Å². The van der Waals surface area contributed by atoms with Crippen LogP contribution in [-0.4, -0.2) is 13.2 Å². The Morgan fingerprint density at radius 3 is 2.42 bits per heavy atom. The van der Waals surface area contributed by atoms with Gasteiger partial charge in [-0.2, -0.15) is 0 Å². The van der Waals surface area contributed by atoms with Crippen LogP contribution in [0.2, 0.25) is 5.02 Å². The summed E-state index contributed by atoms with van der Waals surface area (Å²) in [6.45, 7) is 0.525. The lowest BCUT2D eigenvalue weighted by Gasteiger charge is -2.09. The Kier molecular flexibility index (Phi) is 4.47. The molecule has 0 spiro atoms. The molecule has 0 saturated heterocycles. The molecule has 0 radical (unpaired) electrons. The summed E-state index contributed by atoms with van der Waals surface area (Å²) in [5.74, 6) is 0.245. The summed E-state index contributed by atoms with van der Waals surface area (Å²) in [7, 11) is 0. The van der Waals surface area contributed by atoms with E-state index in [4.69, 9.17) is 26.8 Å². The lowest BCUT2D eigenvalue weighted by Crippen LogP contribution is -2.09. The summed E-state index contributed by atoms with van der Waals surface area (Å²) in [4.78, 5) is 0. The van der Waals surface area contributed by atoms with Crippen LogP contribution in [0.1, 0.15) is 0 Å². The highest BCUT2D eigenvalue weighted by atomic mass is 35.5. The average molecular weight is 282 g/mol. The smallest absolute Gasteiger partial charge is 0.183 e. The maximum atomic E-state index is 13.5. The van der Waals surface area contributed by atoms with E-state index < -0.39 is 5.82 Å². The van der Waals surface area contributed by atoms with Crippen molar-refractivity contribution in [2.45, 2.75) is 0 Å². The number of nitrogens with two attached hydrogens (primary N) is 1. The van der Waals surface area contributed by atoms with Gasteiger partial charge >= 0.3 is 0 Å². The Morgan fingerprint density at radius 2 is 1.68 bits per heavy atom. The Balaban J connectivity index is 1.81. The molecule has 3 nitrogen and oxygen atoms in total. The van der Waals surface area contributed by atoms with Crippen molar-refractivity contribution < 1.29 is 13.9 Å². The van der Waals surface area contributed by atoms with E-state index in [1.165, 1.54) is 12.1 Å². The van der Waals surface area contributed by atoms with Crippen molar-refractivity contribution in [3.63, 3.8) is 0 Å². The summed E-state index contributed by atoms with van der Waals surface area (Å²) in [5.41, 5.74) is 6.22. The maximum absolute atomic E-state index is 13.5. The van der Waals surface area contributed by atoms with Crippen LogP contribution < -0.4 is 15.2 Å². The fourth-order valence-corrected chi connectivity index (χ4v) is 1.64. The molecule has 0 amide bonds. The first kappa shape index (κ1) is 13.5. The highest BCUT2D eigenvalue weighted by molar-refractivity contribution is 6.30. The highest BCUT2D eigenvalue weighted by Gasteiger charge is 2.06. The molecule has 2 aromatic rings. The van der Waals surface area contributed by atoms with Gasteiger partial charge in [0.15, 0.2) is 11.6 Å². The van der Waals surface area contributed by atoms with E-state index in [0.29, 0.717) is 18.0 Å². The van der Waals surface area contributed by atoms with Gasteiger partial charge in [0, 0.05) is 5.69 Å². The lowest BCUT2D eigenvalue weighted by molar-refractivity contribution is 0.211. The quantitative estimate of drug-likeness (QED) is 0.674. The van der Waals surface area contributed by atoms with Crippen molar-refractivity contribution in [3.05, 3.63) is 53.3 Å². The van der Waals surface area contributed by atoms with Gasteiger partial charge in [-0.25, -0.2) is 4.39 Å². The first-order valence-corrected chi connectivity index (χ1v) is 6.10. The SMILES string of the molecule is Nc1ccc(OCCOc2cccc(Cl)c2F)cc1. The first-order valence-electron chi connectivity index (χ1n) is 5.72. The van der Waals surface area contributed by atoms with E-state index in [9.17, 15) is 4.39 Å². The molecular weight excluding hydrogens is 269 g/mol. The number of hydrogen-bond acceptors (Lipinski definition) is 3. The second kappa shape index (κ2) is 6.29. The van der Waals surface area contributed by atoms with Crippen molar-refractivity contribution in [2.24, 2.45) is 0 Å². The van der Waals surface area contributed by atoms with E-state index in [2.05, 4.69) is 0 Å². The van der Waals surface area contributed by atoms with E-state index in [1.807, 2.05) is 0 Å². The molecule has 0 heterocycles. The monoisotopic (exact) mass is 281 g/mol. The Labute approximate surface area is 115 Å². The van der Waals surface area contributed by atoms with E-state index >= 15 is 0 Å². The van der Waals surface area contributed by atoms with Crippen molar-refractivity contribution >= 4 is 17.3 Å². The number of benzene rings is 2. The number of anilines is 1. The zero-order chi connectivity index (χ0) is 13.7. The van der Waals surface area contributed by atoms with E-state index in [0.717, 1.165) is 0 Å². The summed E-state index contributed by atoms with van der Waals surface area (Å²) >= 11 is 5.64. The largest absolute Gasteiger partial charge is 0.490 e. The topological polar surface area (TPSA) is 44.5 Å². The third kappa shape index (κ3) is 3.76. The standard InChI is InChI=1S/C14H13ClFNO2/c15-12-2-1-3-13(14(12)16)19-9-8-18-11-6-4-10(17)5-7-11/h1-7H,8-9,17H2. The van der Waals surface area contributed by atoms with Crippen molar-refractivity contribution in [1.29, 1.82) is 0 Å². The van der Waals surface area contributed by atoms with Gasteiger partial charge in [-0.3, -0.25) is 0 Å². The van der Waals surface area contributed by atoms with Crippen LogP contribution >= 0.6 is 11.6 Å². The third-order valence-electron chi connectivity index (χ3n) is 2.41. The fraction of sp³-hybridized carbons (Fsp3) is 0.143. The average Bonchev–Trinajstić information content (AvgIpc) is 2.41. The molecule has 0 aromatic heterocycles. The van der Waals surface area contributed by atoms with Crippen molar-refractivity contribution in [1.82, 2.24) is 0 Å². The molecule has 2 rings (SSSR count). The molecule has 0 aliphatic heterocycles. The van der Waals surface area contributed by atoms with Crippen LogP contribution in [0.15, 0.2) is 42.5 Å².